The van der Waals surface area contributed by atoms with E-state index >= 15 is 0 Å². The summed E-state index contributed by atoms with van der Waals surface area (Å²) in [6.07, 6.45) is 6.31. The van der Waals surface area contributed by atoms with Gasteiger partial charge in [0.05, 0.1) is 27.4 Å². The first-order valence-electron chi connectivity index (χ1n) is 6.73. The summed E-state index contributed by atoms with van der Waals surface area (Å²) < 4.78 is 3.01. The Morgan fingerprint density at radius 1 is 1.40 bits per heavy atom. The van der Waals surface area contributed by atoms with Gasteiger partial charge in [-0.15, -0.1) is 0 Å². The number of aryl methyl sites for hydroxylation is 1. The van der Waals surface area contributed by atoms with Gasteiger partial charge < -0.3 is 5.32 Å². The van der Waals surface area contributed by atoms with Crippen LogP contribution in [-0.2, 0) is 6.54 Å². The number of nitrogens with zero attached hydrogens (tertiary/aromatic N) is 3. The van der Waals surface area contributed by atoms with Crippen LogP contribution in [0.2, 0.25) is 5.02 Å². The molecule has 0 aliphatic rings. The molecule has 0 spiro atoms. The van der Waals surface area contributed by atoms with Crippen molar-refractivity contribution in [3.05, 3.63) is 45.4 Å². The Morgan fingerprint density at radius 2 is 2.20 bits per heavy atom. The number of aromatic nitrogens is 3. The monoisotopic (exact) mass is 356 g/mol. The third-order valence-electron chi connectivity index (χ3n) is 3.07. The van der Waals surface area contributed by atoms with E-state index in [2.05, 4.69) is 45.2 Å². The molecule has 0 saturated carbocycles. The first kappa shape index (κ1) is 15.5. The largest absolute Gasteiger partial charge is 0.305 e. The SMILES string of the molecule is CCCn1ncc(Br)c1C(NCC)c1ccncc1Cl. The van der Waals surface area contributed by atoms with Crippen LogP contribution in [0.5, 0.6) is 0 Å². The number of halogens is 2. The first-order valence-corrected chi connectivity index (χ1v) is 7.90. The number of hydrogen-bond acceptors (Lipinski definition) is 3. The van der Waals surface area contributed by atoms with Crippen molar-refractivity contribution in [2.45, 2.75) is 32.9 Å². The lowest BCUT2D eigenvalue weighted by Gasteiger charge is -2.21. The topological polar surface area (TPSA) is 42.7 Å². The van der Waals surface area contributed by atoms with Crippen molar-refractivity contribution in [2.75, 3.05) is 6.54 Å². The van der Waals surface area contributed by atoms with Crippen molar-refractivity contribution in [1.29, 1.82) is 0 Å². The fraction of sp³-hybridized carbons (Fsp3) is 0.429. The normalized spacial score (nSPS) is 12.6. The summed E-state index contributed by atoms with van der Waals surface area (Å²) in [6, 6.07) is 1.95. The van der Waals surface area contributed by atoms with Gasteiger partial charge in [-0.05, 0) is 40.5 Å². The standard InChI is InChI=1S/C14H18BrClN4/c1-3-7-20-14(11(15)8-19-20)13(18-4-2)10-5-6-17-9-12(10)16/h5-6,8-9,13,18H,3-4,7H2,1-2H3. The number of hydrogen-bond donors (Lipinski definition) is 1. The molecule has 0 aliphatic heterocycles. The summed E-state index contributed by atoms with van der Waals surface area (Å²) in [6.45, 7) is 5.94. The van der Waals surface area contributed by atoms with Gasteiger partial charge in [0.1, 0.15) is 0 Å². The van der Waals surface area contributed by atoms with Crippen LogP contribution in [0, 0.1) is 0 Å². The van der Waals surface area contributed by atoms with E-state index in [-0.39, 0.29) is 6.04 Å². The molecule has 108 valence electrons. The van der Waals surface area contributed by atoms with Gasteiger partial charge in [-0.1, -0.05) is 25.4 Å². The lowest BCUT2D eigenvalue weighted by Crippen LogP contribution is -2.25. The van der Waals surface area contributed by atoms with Crippen LogP contribution in [-0.4, -0.2) is 21.3 Å². The maximum absolute atomic E-state index is 6.31. The fourth-order valence-electron chi connectivity index (χ4n) is 2.23. The highest BCUT2D eigenvalue weighted by Crippen LogP contribution is 2.32. The fourth-order valence-corrected chi connectivity index (χ4v) is 2.98. The van der Waals surface area contributed by atoms with Crippen LogP contribution in [0.3, 0.4) is 0 Å². The number of pyridine rings is 1. The van der Waals surface area contributed by atoms with Crippen LogP contribution in [0.25, 0.3) is 0 Å². The Morgan fingerprint density at radius 3 is 2.85 bits per heavy atom. The second kappa shape index (κ2) is 7.20. The highest BCUT2D eigenvalue weighted by molar-refractivity contribution is 9.10. The van der Waals surface area contributed by atoms with Gasteiger partial charge in [-0.25, -0.2) is 0 Å². The zero-order valence-corrected chi connectivity index (χ0v) is 13.9. The van der Waals surface area contributed by atoms with E-state index in [1.165, 1.54) is 0 Å². The van der Waals surface area contributed by atoms with Gasteiger partial charge >= 0.3 is 0 Å². The molecule has 2 rings (SSSR count). The van der Waals surface area contributed by atoms with Gasteiger partial charge in [-0.3, -0.25) is 9.67 Å². The van der Waals surface area contributed by atoms with Gasteiger partial charge in [0.2, 0.25) is 0 Å². The van der Waals surface area contributed by atoms with Crippen molar-refractivity contribution in [2.24, 2.45) is 0 Å². The highest BCUT2D eigenvalue weighted by atomic mass is 79.9. The summed E-state index contributed by atoms with van der Waals surface area (Å²) in [5.74, 6) is 0. The predicted molar refractivity (Wildman–Crippen MR) is 85.0 cm³/mol. The average molecular weight is 358 g/mol. The molecule has 1 N–H and O–H groups in total. The Labute approximate surface area is 132 Å². The third-order valence-corrected chi connectivity index (χ3v) is 3.99. The minimum Gasteiger partial charge on any atom is -0.305 e. The van der Waals surface area contributed by atoms with E-state index in [4.69, 9.17) is 11.6 Å². The van der Waals surface area contributed by atoms with E-state index < -0.39 is 0 Å². The van der Waals surface area contributed by atoms with E-state index in [1.54, 1.807) is 12.4 Å². The summed E-state index contributed by atoms with van der Waals surface area (Å²) in [5, 5.41) is 8.58. The second-order valence-corrected chi connectivity index (χ2v) is 5.75. The second-order valence-electron chi connectivity index (χ2n) is 4.49. The maximum Gasteiger partial charge on any atom is 0.0775 e. The Bertz CT molecular complexity index is 570. The summed E-state index contributed by atoms with van der Waals surface area (Å²) in [4.78, 5) is 4.06. The smallest absolute Gasteiger partial charge is 0.0775 e. The van der Waals surface area contributed by atoms with Crippen molar-refractivity contribution in [3.63, 3.8) is 0 Å². The molecule has 0 aliphatic carbocycles. The van der Waals surface area contributed by atoms with Crippen LogP contribution in [0.4, 0.5) is 0 Å². The van der Waals surface area contributed by atoms with E-state index in [9.17, 15) is 0 Å². The molecule has 6 heteroatoms. The molecule has 20 heavy (non-hydrogen) atoms. The molecule has 0 bridgehead atoms. The van der Waals surface area contributed by atoms with E-state index in [0.717, 1.165) is 35.2 Å². The lowest BCUT2D eigenvalue weighted by molar-refractivity contribution is 0.519. The van der Waals surface area contributed by atoms with Crippen molar-refractivity contribution >= 4 is 27.5 Å². The molecule has 0 radical (unpaired) electrons. The van der Waals surface area contributed by atoms with Crippen molar-refractivity contribution < 1.29 is 0 Å². The molecule has 1 atom stereocenters. The molecule has 0 amide bonds. The van der Waals surface area contributed by atoms with Crippen LogP contribution >= 0.6 is 27.5 Å². The molecule has 2 aromatic rings. The molecule has 4 nitrogen and oxygen atoms in total. The summed E-state index contributed by atoms with van der Waals surface area (Å²) in [5.41, 5.74) is 2.11. The third kappa shape index (κ3) is 3.22. The first-order chi connectivity index (χ1) is 9.69. The number of nitrogens with one attached hydrogen (secondary N) is 1. The Balaban J connectivity index is 2.49. The molecular weight excluding hydrogens is 340 g/mol. The average Bonchev–Trinajstić information content (AvgIpc) is 2.79. The van der Waals surface area contributed by atoms with E-state index in [1.807, 2.05) is 16.9 Å². The molecule has 2 aromatic heterocycles. The Kier molecular flexibility index (Phi) is 5.57. The van der Waals surface area contributed by atoms with Crippen LogP contribution < -0.4 is 5.32 Å². The molecule has 0 aromatic carbocycles. The lowest BCUT2D eigenvalue weighted by atomic mass is 10.0. The van der Waals surface area contributed by atoms with Crippen LogP contribution in [0.15, 0.2) is 29.1 Å². The maximum atomic E-state index is 6.31. The molecule has 0 saturated heterocycles. The van der Waals surface area contributed by atoms with Gasteiger partial charge in [0.25, 0.3) is 0 Å². The van der Waals surface area contributed by atoms with Gasteiger partial charge in [0.15, 0.2) is 0 Å². The molecule has 0 fully saturated rings. The van der Waals surface area contributed by atoms with Gasteiger partial charge in [-0.2, -0.15) is 5.10 Å². The van der Waals surface area contributed by atoms with Crippen molar-refractivity contribution in [1.82, 2.24) is 20.1 Å². The minimum atomic E-state index is -0.000995. The summed E-state index contributed by atoms with van der Waals surface area (Å²) in [7, 11) is 0. The molecule has 2 heterocycles. The van der Waals surface area contributed by atoms with Gasteiger partial charge in [0, 0.05) is 18.9 Å². The highest BCUT2D eigenvalue weighted by Gasteiger charge is 2.22. The van der Waals surface area contributed by atoms with Crippen molar-refractivity contribution in [3.8, 4) is 0 Å². The minimum absolute atomic E-state index is 0.000995. The Hall–Kier alpha value is -0.910. The quantitative estimate of drug-likeness (QED) is 0.855. The number of rotatable bonds is 6. The zero-order valence-electron chi connectivity index (χ0n) is 11.6. The van der Waals surface area contributed by atoms with E-state index in [0.29, 0.717) is 5.02 Å². The summed E-state index contributed by atoms with van der Waals surface area (Å²) >= 11 is 9.90. The molecule has 1 unspecified atom stereocenters. The predicted octanol–water partition coefficient (Wildman–Crippen LogP) is 3.80. The zero-order chi connectivity index (χ0) is 14.5. The van der Waals surface area contributed by atoms with Crippen LogP contribution in [0.1, 0.15) is 37.6 Å². The molecular formula is C14H18BrClN4.